The summed E-state index contributed by atoms with van der Waals surface area (Å²) in [6, 6.07) is 4.81. The molecular weight excluding hydrogens is 247 g/mol. The lowest BCUT2D eigenvalue weighted by Gasteiger charge is -2.10. The van der Waals surface area contributed by atoms with Crippen LogP contribution in [-0.4, -0.2) is 18.4 Å². The molecule has 0 aliphatic heterocycles. The minimum absolute atomic E-state index is 0.00632. The summed E-state index contributed by atoms with van der Waals surface area (Å²) < 4.78 is 42.6. The van der Waals surface area contributed by atoms with Gasteiger partial charge in [-0.25, -0.2) is 4.98 Å². The minimum atomic E-state index is -4.54. The van der Waals surface area contributed by atoms with E-state index >= 15 is 0 Å². The number of hydrogen-bond acceptors (Lipinski definition) is 3. The van der Waals surface area contributed by atoms with E-state index in [9.17, 15) is 18.0 Å². The van der Waals surface area contributed by atoms with Crippen molar-refractivity contribution in [2.24, 2.45) is 0 Å². The lowest BCUT2D eigenvalue weighted by Crippen LogP contribution is -2.08. The van der Waals surface area contributed by atoms with Crippen LogP contribution in [0.5, 0.6) is 5.75 Å². The maximum Gasteiger partial charge on any atom is 0.433 e. The van der Waals surface area contributed by atoms with Gasteiger partial charge in [0.25, 0.3) is 0 Å². The lowest BCUT2D eigenvalue weighted by atomic mass is 10.1. The van der Waals surface area contributed by atoms with Crippen LogP contribution in [0.4, 0.5) is 13.2 Å². The van der Waals surface area contributed by atoms with Crippen molar-refractivity contribution in [2.45, 2.75) is 6.18 Å². The Balaban J connectivity index is 2.78. The molecule has 1 aromatic carbocycles. The van der Waals surface area contributed by atoms with Gasteiger partial charge < -0.3 is 4.74 Å². The predicted molar refractivity (Wildman–Crippen MR) is 58.1 cm³/mol. The van der Waals surface area contributed by atoms with Crippen LogP contribution in [0.25, 0.3) is 10.9 Å². The summed E-state index contributed by atoms with van der Waals surface area (Å²) in [4.78, 5) is 14.2. The van der Waals surface area contributed by atoms with Crippen molar-refractivity contribution in [3.05, 3.63) is 35.5 Å². The summed E-state index contributed by atoms with van der Waals surface area (Å²) >= 11 is 0. The molecule has 6 heteroatoms. The molecular formula is C12H7F3NO2. The summed E-state index contributed by atoms with van der Waals surface area (Å²) in [5, 5.41) is 0.275. The Morgan fingerprint density at radius 3 is 2.50 bits per heavy atom. The highest BCUT2D eigenvalue weighted by Gasteiger charge is 2.32. The number of rotatable bonds is 2. The number of fused-ring (bicyclic) bond motifs is 1. The summed E-state index contributed by atoms with van der Waals surface area (Å²) in [5.41, 5.74) is -0.892. The topological polar surface area (TPSA) is 39.2 Å². The molecule has 0 amide bonds. The van der Waals surface area contributed by atoms with Crippen molar-refractivity contribution in [2.75, 3.05) is 7.11 Å². The number of ether oxygens (including phenoxy) is 1. The molecule has 0 bridgehead atoms. The zero-order valence-electron chi connectivity index (χ0n) is 9.21. The van der Waals surface area contributed by atoms with Gasteiger partial charge >= 0.3 is 6.18 Å². The Morgan fingerprint density at radius 1 is 1.22 bits per heavy atom. The average molecular weight is 254 g/mol. The fraction of sp³-hybridized carbons (Fsp3) is 0.167. The van der Waals surface area contributed by atoms with E-state index < -0.39 is 11.9 Å². The minimum Gasteiger partial charge on any atom is -0.494 e. The molecule has 0 fully saturated rings. The third-order valence-electron chi connectivity index (χ3n) is 2.44. The van der Waals surface area contributed by atoms with Crippen molar-refractivity contribution in [3.8, 4) is 5.75 Å². The number of hydrogen-bond donors (Lipinski definition) is 0. The highest BCUT2D eigenvalue weighted by Crippen LogP contribution is 2.32. The second-order valence-corrected chi connectivity index (χ2v) is 3.51. The second kappa shape index (κ2) is 4.29. The summed E-state index contributed by atoms with van der Waals surface area (Å²) in [6.07, 6.45) is -2.89. The van der Waals surface area contributed by atoms with Gasteiger partial charge in [-0.05, 0) is 24.3 Å². The molecule has 18 heavy (non-hydrogen) atoms. The molecule has 93 valence electrons. The van der Waals surface area contributed by atoms with Gasteiger partial charge in [0.1, 0.15) is 17.0 Å². The number of carbonyl (C=O) groups excluding carboxylic acids is 1. The van der Waals surface area contributed by atoms with Gasteiger partial charge in [-0.2, -0.15) is 13.2 Å². The first-order valence-corrected chi connectivity index (χ1v) is 4.90. The van der Waals surface area contributed by atoms with Crippen LogP contribution < -0.4 is 4.74 Å². The highest BCUT2D eigenvalue weighted by molar-refractivity contribution is 5.99. The average Bonchev–Trinajstić information content (AvgIpc) is 2.35. The van der Waals surface area contributed by atoms with E-state index in [0.717, 1.165) is 6.07 Å². The number of methoxy groups -OCH3 is 1. The largest absolute Gasteiger partial charge is 0.494 e. The van der Waals surface area contributed by atoms with E-state index in [4.69, 9.17) is 4.74 Å². The maximum absolute atomic E-state index is 12.6. The Hall–Kier alpha value is -2.11. The van der Waals surface area contributed by atoms with Crippen molar-refractivity contribution in [1.82, 2.24) is 4.98 Å². The lowest BCUT2D eigenvalue weighted by molar-refractivity contribution is -0.140. The SMILES string of the molecule is COc1ccc([C]=O)c2ccc(C(F)(F)F)nc12. The standard InChI is InChI=1S/C12H7F3NO2/c1-18-9-4-2-7(6-17)8-3-5-10(12(13,14)15)16-11(8)9/h2-5H,1H3. The number of alkyl halides is 3. The molecule has 0 aliphatic carbocycles. The van der Waals surface area contributed by atoms with Gasteiger partial charge in [-0.1, -0.05) is 0 Å². The molecule has 0 N–H and O–H groups in total. The van der Waals surface area contributed by atoms with Crippen LogP contribution in [0.1, 0.15) is 11.3 Å². The molecule has 1 radical (unpaired) electrons. The van der Waals surface area contributed by atoms with Crippen LogP contribution in [0.2, 0.25) is 0 Å². The predicted octanol–water partition coefficient (Wildman–Crippen LogP) is 2.72. The Kier molecular flexibility index (Phi) is 2.94. The van der Waals surface area contributed by atoms with E-state index in [1.165, 1.54) is 25.3 Å². The normalized spacial score (nSPS) is 11.6. The molecule has 2 rings (SSSR count). The Labute approximate surface area is 100 Å². The first kappa shape index (κ1) is 12.3. The molecule has 0 saturated heterocycles. The van der Waals surface area contributed by atoms with Crippen LogP contribution in [0.15, 0.2) is 24.3 Å². The second-order valence-electron chi connectivity index (χ2n) is 3.51. The van der Waals surface area contributed by atoms with Crippen LogP contribution in [0, 0.1) is 0 Å². The molecule has 1 heterocycles. The van der Waals surface area contributed by atoms with Crippen molar-refractivity contribution < 1.29 is 22.7 Å². The molecule has 0 unspecified atom stereocenters. The Morgan fingerprint density at radius 2 is 1.94 bits per heavy atom. The molecule has 0 aliphatic rings. The first-order chi connectivity index (χ1) is 8.47. The van der Waals surface area contributed by atoms with Gasteiger partial charge in [0.2, 0.25) is 6.29 Å². The van der Waals surface area contributed by atoms with Crippen LogP contribution in [0.3, 0.4) is 0 Å². The van der Waals surface area contributed by atoms with Crippen molar-refractivity contribution >= 4 is 17.2 Å². The zero-order chi connectivity index (χ0) is 13.3. The van der Waals surface area contributed by atoms with Gasteiger partial charge in [0, 0.05) is 10.9 Å². The van der Waals surface area contributed by atoms with E-state index in [-0.39, 0.29) is 22.2 Å². The van der Waals surface area contributed by atoms with E-state index in [1.54, 1.807) is 6.29 Å². The third-order valence-corrected chi connectivity index (χ3v) is 2.44. The molecule has 0 atom stereocenters. The Bertz CT molecular complexity index is 608. The van der Waals surface area contributed by atoms with Gasteiger partial charge in [0.15, 0.2) is 0 Å². The summed E-state index contributed by atoms with van der Waals surface area (Å²) in [5.74, 6) is 0.176. The number of benzene rings is 1. The van der Waals surface area contributed by atoms with Crippen molar-refractivity contribution in [1.29, 1.82) is 0 Å². The first-order valence-electron chi connectivity index (χ1n) is 4.90. The number of aromatic nitrogens is 1. The quantitative estimate of drug-likeness (QED) is 0.827. The highest BCUT2D eigenvalue weighted by atomic mass is 19.4. The van der Waals surface area contributed by atoms with Crippen LogP contribution >= 0.6 is 0 Å². The number of pyridine rings is 1. The monoisotopic (exact) mass is 254 g/mol. The van der Waals surface area contributed by atoms with E-state index in [1.807, 2.05) is 0 Å². The van der Waals surface area contributed by atoms with Crippen molar-refractivity contribution in [3.63, 3.8) is 0 Å². The fourth-order valence-electron chi connectivity index (χ4n) is 1.60. The fourth-order valence-corrected chi connectivity index (χ4v) is 1.60. The third kappa shape index (κ3) is 2.01. The smallest absolute Gasteiger partial charge is 0.433 e. The maximum atomic E-state index is 12.6. The summed E-state index contributed by atoms with van der Waals surface area (Å²) in [7, 11) is 1.32. The summed E-state index contributed by atoms with van der Waals surface area (Å²) in [6.45, 7) is 0. The van der Waals surface area contributed by atoms with E-state index in [0.29, 0.717) is 0 Å². The molecule has 2 aromatic rings. The van der Waals surface area contributed by atoms with E-state index in [2.05, 4.69) is 4.98 Å². The van der Waals surface area contributed by atoms with Gasteiger partial charge in [-0.3, -0.25) is 4.79 Å². The van der Waals surface area contributed by atoms with Gasteiger partial charge in [-0.15, -0.1) is 0 Å². The number of nitrogens with zero attached hydrogens (tertiary/aromatic N) is 1. The molecule has 0 saturated carbocycles. The molecule has 3 nitrogen and oxygen atoms in total. The van der Waals surface area contributed by atoms with Gasteiger partial charge in [0.05, 0.1) is 7.11 Å². The molecule has 0 spiro atoms. The number of halogens is 3. The molecule has 1 aromatic heterocycles. The zero-order valence-corrected chi connectivity index (χ0v) is 9.21. The van der Waals surface area contributed by atoms with Crippen LogP contribution in [-0.2, 0) is 11.0 Å².